The molecule has 21 heavy (non-hydrogen) atoms. The minimum atomic E-state index is -0.0143. The van der Waals surface area contributed by atoms with Gasteiger partial charge in [0.1, 0.15) is 0 Å². The van der Waals surface area contributed by atoms with Gasteiger partial charge in [0.25, 0.3) is 0 Å². The first-order chi connectivity index (χ1) is 9.75. The highest BCUT2D eigenvalue weighted by Crippen LogP contribution is 2.23. The molecule has 2 heterocycles. The smallest absolute Gasteiger partial charge is 0.153 e. The lowest BCUT2D eigenvalue weighted by molar-refractivity contribution is 0.558. The van der Waals surface area contributed by atoms with E-state index in [-0.39, 0.29) is 5.41 Å². The second-order valence-corrected chi connectivity index (χ2v) is 7.04. The van der Waals surface area contributed by atoms with Crippen molar-refractivity contribution in [1.29, 1.82) is 0 Å². The molecule has 2 aromatic heterocycles. The number of hydrogen-bond donors (Lipinski definition) is 1. The van der Waals surface area contributed by atoms with Crippen molar-refractivity contribution in [2.24, 2.45) is 0 Å². The molecule has 0 aliphatic rings. The molecule has 0 unspecified atom stereocenters. The summed E-state index contributed by atoms with van der Waals surface area (Å²) in [5.41, 5.74) is 2.23. The predicted molar refractivity (Wildman–Crippen MR) is 87.0 cm³/mol. The molecule has 0 spiro atoms. The maximum absolute atomic E-state index is 5.96. The maximum atomic E-state index is 5.96. The van der Waals surface area contributed by atoms with E-state index in [1.54, 1.807) is 17.1 Å². The van der Waals surface area contributed by atoms with E-state index >= 15 is 0 Å². The summed E-state index contributed by atoms with van der Waals surface area (Å²) in [4.78, 5) is 4.73. The number of aromatic nitrogens is 3. The van der Waals surface area contributed by atoms with Gasteiger partial charge in [-0.3, -0.25) is 0 Å². The molecule has 1 N–H and O–H groups in total. The molecule has 0 aliphatic heterocycles. The largest absolute Gasteiger partial charge is 0.310 e. The molecule has 0 saturated carbocycles. The van der Waals surface area contributed by atoms with Crippen LogP contribution < -0.4 is 5.32 Å². The van der Waals surface area contributed by atoms with Crippen molar-refractivity contribution in [1.82, 2.24) is 20.1 Å². The SMILES string of the molecule is CC(C)NCc1cc(-n2cc(Cl)cn2)nc(C(C)(C)C)c1. The summed E-state index contributed by atoms with van der Waals surface area (Å²) in [6, 6.07) is 4.65. The van der Waals surface area contributed by atoms with Gasteiger partial charge in [-0.2, -0.15) is 5.10 Å². The van der Waals surface area contributed by atoms with Crippen molar-refractivity contribution in [2.75, 3.05) is 0 Å². The van der Waals surface area contributed by atoms with Crippen LogP contribution in [0, 0.1) is 0 Å². The average molecular weight is 307 g/mol. The van der Waals surface area contributed by atoms with Crippen molar-refractivity contribution >= 4 is 11.6 Å². The zero-order chi connectivity index (χ0) is 15.6. The number of rotatable bonds is 4. The van der Waals surface area contributed by atoms with Gasteiger partial charge in [0.05, 0.1) is 17.4 Å². The van der Waals surface area contributed by atoms with Crippen LogP contribution >= 0.6 is 11.6 Å². The zero-order valence-corrected chi connectivity index (χ0v) is 14.1. The molecule has 4 nitrogen and oxygen atoms in total. The van der Waals surface area contributed by atoms with Gasteiger partial charge in [-0.25, -0.2) is 9.67 Å². The van der Waals surface area contributed by atoms with Gasteiger partial charge in [-0.1, -0.05) is 46.2 Å². The molecule has 0 saturated heterocycles. The Kier molecular flexibility index (Phi) is 4.69. The summed E-state index contributed by atoms with van der Waals surface area (Å²) >= 11 is 5.96. The Morgan fingerprint density at radius 1 is 1.29 bits per heavy atom. The number of hydrogen-bond acceptors (Lipinski definition) is 3. The lowest BCUT2D eigenvalue weighted by atomic mass is 9.90. The monoisotopic (exact) mass is 306 g/mol. The second-order valence-electron chi connectivity index (χ2n) is 6.61. The Hall–Kier alpha value is -1.39. The third kappa shape index (κ3) is 4.29. The first-order valence-corrected chi connectivity index (χ1v) is 7.59. The molecule has 0 bridgehead atoms. The molecule has 2 rings (SSSR count). The Morgan fingerprint density at radius 2 is 2.00 bits per heavy atom. The summed E-state index contributed by atoms with van der Waals surface area (Å²) in [6.07, 6.45) is 3.40. The van der Waals surface area contributed by atoms with Crippen LogP contribution in [0.4, 0.5) is 0 Å². The van der Waals surface area contributed by atoms with Crippen molar-refractivity contribution in [2.45, 2.75) is 52.6 Å². The number of pyridine rings is 1. The van der Waals surface area contributed by atoms with Gasteiger partial charge < -0.3 is 5.32 Å². The van der Waals surface area contributed by atoms with Gasteiger partial charge in [0, 0.05) is 23.7 Å². The van der Waals surface area contributed by atoms with Crippen LogP contribution in [-0.4, -0.2) is 20.8 Å². The quantitative estimate of drug-likeness (QED) is 0.936. The Morgan fingerprint density at radius 3 is 2.52 bits per heavy atom. The van der Waals surface area contributed by atoms with Gasteiger partial charge >= 0.3 is 0 Å². The Bertz CT molecular complexity index is 611. The molecular formula is C16H23ClN4. The minimum Gasteiger partial charge on any atom is -0.310 e. The Labute approximate surface area is 131 Å². The summed E-state index contributed by atoms with van der Waals surface area (Å²) in [6.45, 7) is 11.6. The summed E-state index contributed by atoms with van der Waals surface area (Å²) in [5.74, 6) is 0.801. The second kappa shape index (κ2) is 6.16. The summed E-state index contributed by atoms with van der Waals surface area (Å²) in [7, 11) is 0. The van der Waals surface area contributed by atoms with Crippen LogP contribution in [0.25, 0.3) is 5.82 Å². The molecule has 0 amide bonds. The van der Waals surface area contributed by atoms with E-state index in [0.717, 1.165) is 18.1 Å². The first-order valence-electron chi connectivity index (χ1n) is 7.21. The van der Waals surface area contributed by atoms with E-state index < -0.39 is 0 Å². The van der Waals surface area contributed by atoms with Gasteiger partial charge in [-0.15, -0.1) is 0 Å². The lowest BCUT2D eigenvalue weighted by Crippen LogP contribution is -2.23. The van der Waals surface area contributed by atoms with E-state index in [0.29, 0.717) is 11.1 Å². The predicted octanol–water partition coefficient (Wildman–Crippen LogP) is 3.72. The summed E-state index contributed by atoms with van der Waals surface area (Å²) < 4.78 is 1.72. The van der Waals surface area contributed by atoms with Gasteiger partial charge in [0.15, 0.2) is 5.82 Å². The molecule has 2 aromatic rings. The normalized spacial score (nSPS) is 12.1. The fourth-order valence-corrected chi connectivity index (χ4v) is 2.06. The average Bonchev–Trinajstić information content (AvgIpc) is 2.82. The molecular weight excluding hydrogens is 284 g/mol. The molecule has 114 valence electrons. The third-order valence-corrected chi connectivity index (χ3v) is 3.34. The number of halogens is 1. The lowest BCUT2D eigenvalue weighted by Gasteiger charge is -2.20. The standard InChI is InChI=1S/C16H23ClN4/c1-11(2)18-8-12-6-14(16(3,4)5)20-15(7-12)21-10-13(17)9-19-21/h6-7,9-11,18H,8H2,1-5H3. The van der Waals surface area contributed by atoms with Gasteiger partial charge in [0.2, 0.25) is 0 Å². The van der Waals surface area contributed by atoms with Crippen LogP contribution in [0.2, 0.25) is 5.02 Å². The topological polar surface area (TPSA) is 42.7 Å². The van der Waals surface area contributed by atoms with Crippen molar-refractivity contribution in [3.8, 4) is 5.82 Å². The van der Waals surface area contributed by atoms with Crippen LogP contribution in [-0.2, 0) is 12.0 Å². The van der Waals surface area contributed by atoms with E-state index in [1.807, 2.05) is 6.07 Å². The fourth-order valence-electron chi connectivity index (χ4n) is 1.92. The van der Waals surface area contributed by atoms with Gasteiger partial charge in [-0.05, 0) is 17.7 Å². The van der Waals surface area contributed by atoms with E-state index in [4.69, 9.17) is 16.6 Å². The first kappa shape index (κ1) is 16.0. The highest BCUT2D eigenvalue weighted by Gasteiger charge is 2.18. The minimum absolute atomic E-state index is 0.0143. The molecule has 0 fully saturated rings. The molecule has 0 aromatic carbocycles. The zero-order valence-electron chi connectivity index (χ0n) is 13.3. The van der Waals surface area contributed by atoms with E-state index in [1.165, 1.54) is 5.56 Å². The molecule has 0 atom stereocenters. The van der Waals surface area contributed by atoms with Crippen LogP contribution in [0.3, 0.4) is 0 Å². The van der Waals surface area contributed by atoms with Crippen molar-refractivity contribution in [3.05, 3.63) is 40.8 Å². The number of nitrogens with one attached hydrogen (secondary N) is 1. The highest BCUT2D eigenvalue weighted by atomic mass is 35.5. The van der Waals surface area contributed by atoms with Crippen molar-refractivity contribution < 1.29 is 0 Å². The highest BCUT2D eigenvalue weighted by molar-refractivity contribution is 6.30. The van der Waals surface area contributed by atoms with Crippen LogP contribution in [0.1, 0.15) is 45.9 Å². The summed E-state index contributed by atoms with van der Waals surface area (Å²) in [5, 5.41) is 8.30. The van der Waals surface area contributed by atoms with Crippen molar-refractivity contribution in [3.63, 3.8) is 0 Å². The number of nitrogens with zero attached hydrogens (tertiary/aromatic N) is 3. The molecule has 0 radical (unpaired) electrons. The van der Waals surface area contributed by atoms with E-state index in [9.17, 15) is 0 Å². The molecule has 0 aliphatic carbocycles. The van der Waals surface area contributed by atoms with Crippen LogP contribution in [0.15, 0.2) is 24.5 Å². The fraction of sp³-hybridized carbons (Fsp3) is 0.500. The van der Waals surface area contributed by atoms with E-state index in [2.05, 4.69) is 51.1 Å². The third-order valence-electron chi connectivity index (χ3n) is 3.14. The Balaban J connectivity index is 2.42. The maximum Gasteiger partial charge on any atom is 0.153 e. The van der Waals surface area contributed by atoms with Crippen LogP contribution in [0.5, 0.6) is 0 Å². The molecule has 5 heteroatoms.